The summed E-state index contributed by atoms with van der Waals surface area (Å²) in [5.41, 5.74) is 4.25. The van der Waals surface area contributed by atoms with Gasteiger partial charge in [-0.3, -0.25) is 9.59 Å². The second kappa shape index (κ2) is 10.2. The van der Waals surface area contributed by atoms with Crippen LogP contribution in [-0.2, 0) is 19.1 Å². The average Bonchev–Trinajstić information content (AvgIpc) is 3.08. The number of alkyl carbamates (subject to hydrolysis) is 1. The minimum absolute atomic E-state index is 0.0586. The smallest absolute Gasteiger partial charge is 0.407 e. The van der Waals surface area contributed by atoms with Gasteiger partial charge >= 0.3 is 18.0 Å². The molecule has 174 valence electrons. The molecule has 2 amide bonds. The van der Waals surface area contributed by atoms with Crippen LogP contribution in [0.2, 0.25) is 0 Å². The molecule has 0 spiro atoms. The number of nitrogens with one attached hydrogen (secondary N) is 2. The maximum absolute atomic E-state index is 12.6. The van der Waals surface area contributed by atoms with Crippen molar-refractivity contribution in [3.8, 4) is 11.1 Å². The summed E-state index contributed by atoms with van der Waals surface area (Å²) < 4.78 is 5.45. The molecule has 2 aromatic carbocycles. The average molecular weight is 454 g/mol. The zero-order valence-electron chi connectivity index (χ0n) is 18.3. The van der Waals surface area contributed by atoms with Crippen LogP contribution in [0.15, 0.2) is 48.5 Å². The quantitative estimate of drug-likeness (QED) is 0.456. The summed E-state index contributed by atoms with van der Waals surface area (Å²) in [6.45, 7) is 3.39. The van der Waals surface area contributed by atoms with Crippen molar-refractivity contribution in [2.45, 2.75) is 38.3 Å². The Labute approximate surface area is 190 Å². The third-order valence-corrected chi connectivity index (χ3v) is 5.56. The summed E-state index contributed by atoms with van der Waals surface area (Å²) in [4.78, 5) is 47.2. The van der Waals surface area contributed by atoms with E-state index in [1.807, 2.05) is 48.5 Å². The molecule has 4 N–H and O–H groups in total. The molecule has 0 aliphatic heterocycles. The van der Waals surface area contributed by atoms with E-state index < -0.39 is 48.4 Å². The van der Waals surface area contributed by atoms with Gasteiger partial charge in [0.15, 0.2) is 0 Å². The van der Waals surface area contributed by atoms with Crippen molar-refractivity contribution in [1.82, 2.24) is 10.6 Å². The Morgan fingerprint density at radius 1 is 0.909 bits per heavy atom. The maximum Gasteiger partial charge on any atom is 0.407 e. The van der Waals surface area contributed by atoms with Gasteiger partial charge in [-0.25, -0.2) is 9.59 Å². The van der Waals surface area contributed by atoms with Crippen molar-refractivity contribution in [3.63, 3.8) is 0 Å². The Morgan fingerprint density at radius 3 is 1.94 bits per heavy atom. The summed E-state index contributed by atoms with van der Waals surface area (Å²) in [5, 5.41) is 22.6. The highest BCUT2D eigenvalue weighted by molar-refractivity contribution is 5.91. The van der Waals surface area contributed by atoms with E-state index in [1.54, 1.807) is 13.8 Å². The standard InChI is InChI=1S/C24H26N2O7/c1-13(2)21(22(29)25-19(23(30)31)11-20(27)28)26-24(32)33-12-18-16-9-5-3-7-14(16)15-8-4-6-10-17(15)18/h3-10,13,18-19,21H,11-12H2,1-2H3,(H,25,29)(H,26,32)(H,27,28)(H,30,31)/t19-,21-/m0/s1. The zero-order valence-corrected chi connectivity index (χ0v) is 18.3. The second-order valence-electron chi connectivity index (χ2n) is 8.19. The molecule has 2 atom stereocenters. The van der Waals surface area contributed by atoms with Gasteiger partial charge < -0.3 is 25.6 Å². The number of hydrogen-bond donors (Lipinski definition) is 4. The van der Waals surface area contributed by atoms with E-state index in [1.165, 1.54) is 0 Å². The first-order valence-corrected chi connectivity index (χ1v) is 10.6. The highest BCUT2D eigenvalue weighted by Crippen LogP contribution is 2.44. The fourth-order valence-corrected chi connectivity index (χ4v) is 3.94. The van der Waals surface area contributed by atoms with Gasteiger partial charge in [-0.15, -0.1) is 0 Å². The highest BCUT2D eigenvalue weighted by Gasteiger charge is 2.32. The third-order valence-electron chi connectivity index (χ3n) is 5.56. The molecule has 0 radical (unpaired) electrons. The van der Waals surface area contributed by atoms with Gasteiger partial charge in [0, 0.05) is 5.92 Å². The van der Waals surface area contributed by atoms with Crippen molar-refractivity contribution in [1.29, 1.82) is 0 Å². The normalized spacial score (nSPS) is 14.0. The Balaban J connectivity index is 1.66. The van der Waals surface area contributed by atoms with Crippen molar-refractivity contribution < 1.29 is 34.1 Å². The van der Waals surface area contributed by atoms with Crippen molar-refractivity contribution in [2.24, 2.45) is 5.92 Å². The maximum atomic E-state index is 12.6. The molecule has 0 bridgehead atoms. The van der Waals surface area contributed by atoms with Crippen LogP contribution in [0.25, 0.3) is 11.1 Å². The van der Waals surface area contributed by atoms with Crippen LogP contribution in [0, 0.1) is 5.92 Å². The van der Waals surface area contributed by atoms with Gasteiger partial charge in [0.1, 0.15) is 18.7 Å². The Morgan fingerprint density at radius 2 is 1.45 bits per heavy atom. The monoisotopic (exact) mass is 454 g/mol. The van der Waals surface area contributed by atoms with Crippen LogP contribution >= 0.6 is 0 Å². The first-order valence-electron chi connectivity index (χ1n) is 10.6. The fraction of sp³-hybridized carbons (Fsp3) is 0.333. The molecule has 1 aliphatic carbocycles. The molecule has 0 aromatic heterocycles. The lowest BCUT2D eigenvalue weighted by Crippen LogP contribution is -2.54. The van der Waals surface area contributed by atoms with Crippen molar-refractivity contribution in [3.05, 3.63) is 59.7 Å². The molecule has 3 rings (SSSR count). The number of hydrogen-bond acceptors (Lipinski definition) is 5. The number of ether oxygens (including phenoxy) is 1. The van der Waals surface area contributed by atoms with Gasteiger partial charge in [0.25, 0.3) is 0 Å². The van der Waals surface area contributed by atoms with E-state index in [0.29, 0.717) is 0 Å². The lowest BCUT2D eigenvalue weighted by Gasteiger charge is -2.24. The first kappa shape index (κ1) is 23.8. The predicted octanol–water partition coefficient (Wildman–Crippen LogP) is 2.59. The number of fused-ring (bicyclic) bond motifs is 3. The lowest BCUT2D eigenvalue weighted by molar-refractivity contribution is -0.147. The zero-order chi connectivity index (χ0) is 24.1. The first-order chi connectivity index (χ1) is 15.7. The largest absolute Gasteiger partial charge is 0.481 e. The number of carbonyl (C=O) groups excluding carboxylic acids is 2. The van der Waals surface area contributed by atoms with Crippen LogP contribution in [0.4, 0.5) is 4.79 Å². The summed E-state index contributed by atoms with van der Waals surface area (Å²) in [6.07, 6.45) is -1.60. The van der Waals surface area contributed by atoms with E-state index in [0.717, 1.165) is 22.3 Å². The topological polar surface area (TPSA) is 142 Å². The van der Waals surface area contributed by atoms with E-state index >= 15 is 0 Å². The highest BCUT2D eigenvalue weighted by atomic mass is 16.5. The number of rotatable bonds is 9. The Kier molecular flexibility index (Phi) is 7.32. The molecule has 9 nitrogen and oxygen atoms in total. The number of carboxylic acid groups (broad SMARTS) is 2. The summed E-state index contributed by atoms with van der Waals surface area (Å²) >= 11 is 0. The van der Waals surface area contributed by atoms with Crippen LogP contribution in [-0.4, -0.2) is 52.8 Å². The fourth-order valence-electron chi connectivity index (χ4n) is 3.94. The minimum atomic E-state index is -1.61. The van der Waals surface area contributed by atoms with E-state index in [9.17, 15) is 19.2 Å². The molecule has 2 aromatic rings. The van der Waals surface area contributed by atoms with Crippen LogP contribution in [0.5, 0.6) is 0 Å². The molecule has 33 heavy (non-hydrogen) atoms. The molecule has 0 unspecified atom stereocenters. The lowest BCUT2D eigenvalue weighted by atomic mass is 9.98. The van der Waals surface area contributed by atoms with E-state index in [-0.39, 0.29) is 12.5 Å². The number of aliphatic carboxylic acids is 2. The summed E-state index contributed by atoms with van der Waals surface area (Å²) in [6, 6.07) is 13.0. The Hall–Kier alpha value is -3.88. The molecular weight excluding hydrogens is 428 g/mol. The van der Waals surface area contributed by atoms with Crippen LogP contribution < -0.4 is 10.6 Å². The molecule has 1 aliphatic rings. The van der Waals surface area contributed by atoms with Gasteiger partial charge in [0.2, 0.25) is 5.91 Å². The van der Waals surface area contributed by atoms with Crippen molar-refractivity contribution in [2.75, 3.05) is 6.61 Å². The molecule has 0 fully saturated rings. The van der Waals surface area contributed by atoms with Crippen LogP contribution in [0.3, 0.4) is 0 Å². The van der Waals surface area contributed by atoms with E-state index in [4.69, 9.17) is 14.9 Å². The molecule has 0 saturated heterocycles. The molecule has 0 heterocycles. The second-order valence-corrected chi connectivity index (χ2v) is 8.19. The van der Waals surface area contributed by atoms with Gasteiger partial charge in [-0.05, 0) is 28.2 Å². The number of amides is 2. The number of carboxylic acids is 2. The summed E-state index contributed by atoms with van der Waals surface area (Å²) in [5.74, 6) is -4.19. The number of carbonyl (C=O) groups is 4. The predicted molar refractivity (Wildman–Crippen MR) is 119 cm³/mol. The summed E-state index contributed by atoms with van der Waals surface area (Å²) in [7, 11) is 0. The van der Waals surface area contributed by atoms with Gasteiger partial charge in [0.05, 0.1) is 6.42 Å². The molecule has 9 heteroatoms. The van der Waals surface area contributed by atoms with Crippen LogP contribution in [0.1, 0.15) is 37.3 Å². The van der Waals surface area contributed by atoms with Gasteiger partial charge in [-0.2, -0.15) is 0 Å². The van der Waals surface area contributed by atoms with Crippen molar-refractivity contribution >= 4 is 23.9 Å². The molecular formula is C24H26N2O7. The van der Waals surface area contributed by atoms with Gasteiger partial charge in [-0.1, -0.05) is 62.4 Å². The SMILES string of the molecule is CC(C)[C@H](NC(=O)OCC1c2ccccc2-c2ccccc21)C(=O)N[C@@H](CC(=O)O)C(=O)O. The number of benzene rings is 2. The third kappa shape index (κ3) is 5.49. The van der Waals surface area contributed by atoms with E-state index in [2.05, 4.69) is 10.6 Å². The minimum Gasteiger partial charge on any atom is -0.481 e. The Bertz CT molecular complexity index is 1020. The molecule has 0 saturated carbocycles.